The van der Waals surface area contributed by atoms with Crippen molar-refractivity contribution in [2.45, 2.75) is 51.5 Å². The van der Waals surface area contributed by atoms with Crippen LogP contribution in [-0.2, 0) is 11.2 Å². The van der Waals surface area contributed by atoms with Crippen LogP contribution < -0.4 is 10.2 Å². The molecule has 0 bridgehead atoms. The van der Waals surface area contributed by atoms with Crippen molar-refractivity contribution >= 4 is 23.3 Å². The Bertz CT molecular complexity index is 977. The van der Waals surface area contributed by atoms with Crippen LogP contribution in [0.5, 0.6) is 0 Å². The second-order valence-electron chi connectivity index (χ2n) is 9.10. The Morgan fingerprint density at radius 3 is 2.69 bits per heavy atom. The molecule has 1 aromatic carbocycles. The highest BCUT2D eigenvalue weighted by atomic mass is 35.5. The fourth-order valence-corrected chi connectivity index (χ4v) is 4.78. The molecule has 0 spiro atoms. The number of carbonyl (C=O) groups excluding carboxylic acids is 1. The molecular weight excluding hydrogens is 429 g/mol. The average molecular weight is 460 g/mol. The van der Waals surface area contributed by atoms with Gasteiger partial charge in [-0.15, -0.1) is 0 Å². The van der Waals surface area contributed by atoms with Gasteiger partial charge < -0.3 is 15.1 Å². The molecule has 1 amide bonds. The van der Waals surface area contributed by atoms with Gasteiger partial charge in [0.1, 0.15) is 18.0 Å². The Morgan fingerprint density at radius 1 is 1.25 bits per heavy atom. The van der Waals surface area contributed by atoms with Crippen LogP contribution in [0.2, 0.25) is 5.02 Å². The summed E-state index contributed by atoms with van der Waals surface area (Å²) in [5.41, 5.74) is 3.07. The van der Waals surface area contributed by atoms with Crippen LogP contribution in [-0.4, -0.2) is 59.5 Å². The van der Waals surface area contributed by atoms with Gasteiger partial charge in [-0.1, -0.05) is 38.4 Å². The van der Waals surface area contributed by atoms with Crippen molar-refractivity contribution in [3.05, 3.63) is 52.2 Å². The number of hydrogen-bond acceptors (Lipinski definition) is 5. The lowest BCUT2D eigenvalue weighted by molar-refractivity contribution is -0.133. The topological polar surface area (TPSA) is 61.4 Å². The van der Waals surface area contributed by atoms with E-state index in [9.17, 15) is 9.18 Å². The summed E-state index contributed by atoms with van der Waals surface area (Å²) in [4.78, 5) is 26.7. The fourth-order valence-electron chi connectivity index (χ4n) is 4.66. The lowest BCUT2D eigenvalue weighted by atomic mass is 9.96. The number of nitrogens with zero attached hydrogens (tertiary/aromatic N) is 4. The van der Waals surface area contributed by atoms with Crippen molar-refractivity contribution in [2.24, 2.45) is 0 Å². The van der Waals surface area contributed by atoms with Gasteiger partial charge in [-0.3, -0.25) is 4.79 Å². The van der Waals surface area contributed by atoms with Crippen molar-refractivity contribution in [1.29, 1.82) is 0 Å². The molecule has 1 N–H and O–H groups in total. The molecule has 2 aliphatic rings. The number of benzene rings is 1. The summed E-state index contributed by atoms with van der Waals surface area (Å²) in [7, 11) is 0. The van der Waals surface area contributed by atoms with E-state index >= 15 is 0 Å². The van der Waals surface area contributed by atoms with E-state index in [4.69, 9.17) is 11.6 Å². The standard InChI is InChI=1S/C24H31ClFN5O/c1-15(2)27-13-18(17-5-6-19(25)20(26)12-17)24(32)31-10-8-30(9-11-31)23-22-16(3)4-7-21(22)28-14-29-23/h5-6,12,14-16,18,27H,4,7-11,13H2,1-3H3/t16-,18?/m1/s1. The van der Waals surface area contributed by atoms with Crippen LogP contribution in [0.4, 0.5) is 10.2 Å². The number of rotatable bonds is 6. The molecule has 0 saturated carbocycles. The number of carbonyl (C=O) groups is 1. The summed E-state index contributed by atoms with van der Waals surface area (Å²) in [6.07, 6.45) is 3.78. The van der Waals surface area contributed by atoms with Crippen molar-refractivity contribution in [2.75, 3.05) is 37.6 Å². The Kier molecular flexibility index (Phi) is 6.96. The summed E-state index contributed by atoms with van der Waals surface area (Å²) in [6.45, 7) is 9.42. The molecule has 0 radical (unpaired) electrons. The summed E-state index contributed by atoms with van der Waals surface area (Å²) >= 11 is 5.86. The van der Waals surface area contributed by atoms with E-state index in [1.54, 1.807) is 12.4 Å². The highest BCUT2D eigenvalue weighted by molar-refractivity contribution is 6.30. The van der Waals surface area contributed by atoms with E-state index in [1.807, 2.05) is 18.7 Å². The smallest absolute Gasteiger partial charge is 0.231 e. The molecule has 6 nitrogen and oxygen atoms in total. The van der Waals surface area contributed by atoms with Crippen LogP contribution in [0.15, 0.2) is 24.5 Å². The third-order valence-electron chi connectivity index (χ3n) is 6.52. The van der Waals surface area contributed by atoms with Crippen LogP contribution >= 0.6 is 11.6 Å². The van der Waals surface area contributed by atoms with E-state index in [-0.39, 0.29) is 17.0 Å². The van der Waals surface area contributed by atoms with Gasteiger partial charge in [-0.2, -0.15) is 0 Å². The van der Waals surface area contributed by atoms with Gasteiger partial charge in [0.2, 0.25) is 5.91 Å². The normalized spacial score (nSPS) is 19.4. The molecule has 1 unspecified atom stereocenters. The summed E-state index contributed by atoms with van der Waals surface area (Å²) in [6, 6.07) is 4.88. The second kappa shape index (κ2) is 9.71. The van der Waals surface area contributed by atoms with Crippen LogP contribution in [0, 0.1) is 5.82 Å². The van der Waals surface area contributed by atoms with Crippen molar-refractivity contribution in [1.82, 2.24) is 20.2 Å². The van der Waals surface area contributed by atoms with Crippen LogP contribution in [0.1, 0.15) is 55.8 Å². The number of hydrogen-bond donors (Lipinski definition) is 1. The maximum Gasteiger partial charge on any atom is 0.231 e. The van der Waals surface area contributed by atoms with Crippen molar-refractivity contribution in [3.63, 3.8) is 0 Å². The number of aryl methyl sites for hydroxylation is 1. The van der Waals surface area contributed by atoms with Gasteiger partial charge in [0.15, 0.2) is 0 Å². The Hall–Kier alpha value is -2.25. The zero-order valence-electron chi connectivity index (χ0n) is 18.9. The van der Waals surface area contributed by atoms with Gasteiger partial charge in [0.05, 0.1) is 10.9 Å². The van der Waals surface area contributed by atoms with Gasteiger partial charge in [0, 0.05) is 50.0 Å². The molecular formula is C24H31ClFN5O. The maximum atomic E-state index is 14.1. The number of nitrogens with one attached hydrogen (secondary N) is 1. The third-order valence-corrected chi connectivity index (χ3v) is 6.82. The lowest BCUT2D eigenvalue weighted by Crippen LogP contribution is -2.51. The van der Waals surface area contributed by atoms with Gasteiger partial charge in [-0.05, 0) is 36.5 Å². The predicted octanol–water partition coefficient (Wildman–Crippen LogP) is 3.75. The summed E-state index contributed by atoms with van der Waals surface area (Å²) in [5, 5.41) is 3.40. The summed E-state index contributed by atoms with van der Waals surface area (Å²) < 4.78 is 14.1. The van der Waals surface area contributed by atoms with Gasteiger partial charge in [0.25, 0.3) is 0 Å². The van der Waals surface area contributed by atoms with E-state index < -0.39 is 11.7 Å². The Labute approximate surface area is 194 Å². The highest BCUT2D eigenvalue weighted by Crippen LogP contribution is 2.37. The van der Waals surface area contributed by atoms with E-state index in [1.165, 1.54) is 17.7 Å². The zero-order valence-corrected chi connectivity index (χ0v) is 19.7. The minimum atomic E-state index is -0.497. The molecule has 172 valence electrons. The Balaban J connectivity index is 1.48. The minimum Gasteiger partial charge on any atom is -0.353 e. The van der Waals surface area contributed by atoms with Crippen molar-refractivity contribution < 1.29 is 9.18 Å². The first-order valence-corrected chi connectivity index (χ1v) is 11.8. The molecule has 32 heavy (non-hydrogen) atoms. The molecule has 1 saturated heterocycles. The van der Waals surface area contributed by atoms with Crippen molar-refractivity contribution in [3.8, 4) is 0 Å². The SMILES string of the molecule is CC(C)NCC(C(=O)N1CCN(c2ncnc3c2[C@H](C)CC3)CC1)c1ccc(Cl)c(F)c1. The molecule has 8 heteroatoms. The zero-order chi connectivity index (χ0) is 22.8. The Morgan fingerprint density at radius 2 is 2.00 bits per heavy atom. The predicted molar refractivity (Wildman–Crippen MR) is 125 cm³/mol. The highest BCUT2D eigenvalue weighted by Gasteiger charge is 2.32. The fraction of sp³-hybridized carbons (Fsp3) is 0.542. The lowest BCUT2D eigenvalue weighted by Gasteiger charge is -2.38. The van der Waals surface area contributed by atoms with E-state index in [2.05, 4.69) is 27.1 Å². The summed E-state index contributed by atoms with van der Waals surface area (Å²) in [5.74, 6) is 0.542. The second-order valence-corrected chi connectivity index (χ2v) is 9.51. The minimum absolute atomic E-state index is 0.0146. The largest absolute Gasteiger partial charge is 0.353 e. The number of piperazine rings is 1. The first-order valence-electron chi connectivity index (χ1n) is 11.4. The quantitative estimate of drug-likeness (QED) is 0.712. The number of fused-ring (bicyclic) bond motifs is 1. The van der Waals surface area contributed by atoms with Gasteiger partial charge in [-0.25, -0.2) is 14.4 Å². The van der Waals surface area contributed by atoms with Gasteiger partial charge >= 0.3 is 0 Å². The number of anilines is 1. The van der Waals surface area contributed by atoms with E-state index in [0.29, 0.717) is 31.1 Å². The van der Waals surface area contributed by atoms with E-state index in [0.717, 1.165) is 37.4 Å². The number of halogens is 2. The first kappa shape index (κ1) is 22.9. The first-order chi connectivity index (χ1) is 15.3. The number of amides is 1. The molecule has 1 fully saturated rings. The maximum absolute atomic E-state index is 14.1. The monoisotopic (exact) mass is 459 g/mol. The number of aromatic nitrogens is 2. The van der Waals surface area contributed by atoms with Crippen LogP contribution in [0.25, 0.3) is 0 Å². The molecule has 2 aromatic rings. The van der Waals surface area contributed by atoms with Crippen LogP contribution in [0.3, 0.4) is 0 Å². The molecule has 2 atom stereocenters. The molecule has 2 heterocycles. The molecule has 1 aromatic heterocycles. The molecule has 1 aliphatic heterocycles. The third kappa shape index (κ3) is 4.74. The molecule has 4 rings (SSSR count). The average Bonchev–Trinajstić information content (AvgIpc) is 3.17. The molecule has 1 aliphatic carbocycles.